The molecule has 2 heterocycles. The summed E-state index contributed by atoms with van der Waals surface area (Å²) < 4.78 is 16.7. The fraction of sp³-hybridized carbons (Fsp3) is 0.773. The van der Waals surface area contributed by atoms with Crippen molar-refractivity contribution < 1.29 is 34.0 Å². The maximum Gasteiger partial charge on any atom is 0.302 e. The minimum absolute atomic E-state index is 0.0567. The average Bonchev–Trinajstić information content (AvgIpc) is 3.25. The third-order valence-corrected chi connectivity index (χ3v) is 8.36. The van der Waals surface area contributed by atoms with Gasteiger partial charge in [-0.15, -0.1) is 0 Å². The Labute approximate surface area is 171 Å². The minimum Gasteiger partial charge on any atom is -0.472 e. The maximum atomic E-state index is 11.9. The first-order valence-corrected chi connectivity index (χ1v) is 10.4. The molecule has 9 atom stereocenters. The normalized spacial score (nSPS) is 47.5. The highest BCUT2D eigenvalue weighted by molar-refractivity contribution is 5.66. The molecule has 7 nitrogen and oxygen atoms in total. The molecule has 1 aromatic heterocycles. The first-order valence-electron chi connectivity index (χ1n) is 10.4. The summed E-state index contributed by atoms with van der Waals surface area (Å²) in [5.74, 6) is -0.644. The molecule has 4 rings (SSSR count). The number of rotatable bonds is 4. The SMILES string of the molecule is CC(=O)O[C@@H]1C[C@H](O)[C@]2(CO2)[C@@]2(C)[C@H]1[C@@](C)(CC(O)c1ccoc1)[C@H](C)C[C@@H]2O. The lowest BCUT2D eigenvalue weighted by molar-refractivity contribution is -0.254. The van der Waals surface area contributed by atoms with Gasteiger partial charge in [0.05, 0.1) is 37.4 Å². The van der Waals surface area contributed by atoms with Gasteiger partial charge in [0.15, 0.2) is 0 Å². The zero-order chi connectivity index (χ0) is 21.2. The van der Waals surface area contributed by atoms with Gasteiger partial charge in [0.25, 0.3) is 0 Å². The van der Waals surface area contributed by atoms with Crippen LogP contribution in [0.15, 0.2) is 23.0 Å². The third-order valence-electron chi connectivity index (χ3n) is 8.36. The zero-order valence-electron chi connectivity index (χ0n) is 17.5. The van der Waals surface area contributed by atoms with Crippen molar-refractivity contribution in [2.24, 2.45) is 22.7 Å². The van der Waals surface area contributed by atoms with Crippen LogP contribution in [0.5, 0.6) is 0 Å². The van der Waals surface area contributed by atoms with Crippen molar-refractivity contribution in [1.82, 2.24) is 0 Å². The Morgan fingerprint density at radius 3 is 2.55 bits per heavy atom. The van der Waals surface area contributed by atoms with Gasteiger partial charge in [0.1, 0.15) is 11.7 Å². The summed E-state index contributed by atoms with van der Waals surface area (Å²) in [6.07, 6.45) is 1.42. The standard InChI is InChI=1S/C22H32O7/c1-12-7-17(25)21(4)19(20(12,3)9-15(24)14-5-6-27-10-14)16(29-13(2)23)8-18(26)22(21)11-28-22/h5-6,10,12,15-19,24-26H,7-9,11H2,1-4H3/t12-,15?,16-,17+,18+,19-,20+,21-,22-/m1/s1. The highest BCUT2D eigenvalue weighted by Crippen LogP contribution is 2.69. The van der Waals surface area contributed by atoms with Crippen LogP contribution < -0.4 is 0 Å². The van der Waals surface area contributed by atoms with Crippen LogP contribution in [-0.2, 0) is 14.3 Å². The van der Waals surface area contributed by atoms with E-state index in [9.17, 15) is 20.1 Å². The molecule has 2 saturated carbocycles. The van der Waals surface area contributed by atoms with Gasteiger partial charge < -0.3 is 29.2 Å². The number of furan rings is 1. The van der Waals surface area contributed by atoms with Crippen molar-refractivity contribution in [1.29, 1.82) is 0 Å². The molecule has 3 aliphatic rings. The maximum absolute atomic E-state index is 11.9. The van der Waals surface area contributed by atoms with E-state index in [2.05, 4.69) is 13.8 Å². The number of ether oxygens (including phenoxy) is 2. The number of carbonyl (C=O) groups is 1. The van der Waals surface area contributed by atoms with Crippen LogP contribution in [-0.4, -0.2) is 51.8 Å². The van der Waals surface area contributed by atoms with E-state index in [0.717, 1.165) is 0 Å². The topological polar surface area (TPSA) is 113 Å². The molecule has 1 unspecified atom stereocenters. The van der Waals surface area contributed by atoms with Crippen molar-refractivity contribution in [3.05, 3.63) is 24.2 Å². The molecule has 0 amide bonds. The summed E-state index contributed by atoms with van der Waals surface area (Å²) in [4.78, 5) is 11.9. The van der Waals surface area contributed by atoms with Crippen molar-refractivity contribution in [2.75, 3.05) is 6.61 Å². The second-order valence-corrected chi connectivity index (χ2v) is 9.77. The summed E-state index contributed by atoms with van der Waals surface area (Å²) in [5.41, 5.74) is -1.41. The van der Waals surface area contributed by atoms with Gasteiger partial charge in [0.2, 0.25) is 0 Å². The largest absolute Gasteiger partial charge is 0.472 e. The lowest BCUT2D eigenvalue weighted by atomic mass is 9.42. The molecule has 162 valence electrons. The Hall–Kier alpha value is -1.41. The highest BCUT2D eigenvalue weighted by atomic mass is 16.6. The van der Waals surface area contributed by atoms with Gasteiger partial charge in [-0.3, -0.25) is 4.79 Å². The fourth-order valence-corrected chi connectivity index (χ4v) is 6.55. The van der Waals surface area contributed by atoms with Crippen LogP contribution in [0.1, 0.15) is 58.6 Å². The number of fused-ring (bicyclic) bond motifs is 2. The summed E-state index contributed by atoms with van der Waals surface area (Å²) >= 11 is 0. The van der Waals surface area contributed by atoms with Crippen LogP contribution in [0.2, 0.25) is 0 Å². The number of esters is 1. The van der Waals surface area contributed by atoms with Crippen LogP contribution >= 0.6 is 0 Å². The average molecular weight is 408 g/mol. The van der Waals surface area contributed by atoms with Crippen LogP contribution in [0.25, 0.3) is 0 Å². The van der Waals surface area contributed by atoms with Gasteiger partial charge in [-0.05, 0) is 30.2 Å². The monoisotopic (exact) mass is 408 g/mol. The van der Waals surface area contributed by atoms with Crippen molar-refractivity contribution in [2.45, 2.75) is 77.0 Å². The van der Waals surface area contributed by atoms with Crippen molar-refractivity contribution >= 4 is 5.97 Å². The molecule has 3 N–H and O–H groups in total. The smallest absolute Gasteiger partial charge is 0.302 e. The highest BCUT2D eigenvalue weighted by Gasteiger charge is 2.77. The molecule has 2 aliphatic carbocycles. The van der Waals surface area contributed by atoms with Gasteiger partial charge in [0, 0.05) is 30.2 Å². The molecule has 1 spiro atoms. The molecule has 1 aromatic rings. The molecule has 7 heteroatoms. The summed E-state index contributed by atoms with van der Waals surface area (Å²) in [7, 11) is 0. The molecular weight excluding hydrogens is 376 g/mol. The molecule has 1 saturated heterocycles. The van der Waals surface area contributed by atoms with E-state index in [1.54, 1.807) is 6.07 Å². The molecule has 0 bridgehead atoms. The molecule has 0 aromatic carbocycles. The molecule has 29 heavy (non-hydrogen) atoms. The number of aliphatic hydroxyl groups excluding tert-OH is 3. The zero-order valence-corrected chi connectivity index (χ0v) is 17.5. The lowest BCUT2D eigenvalue weighted by Gasteiger charge is -2.64. The minimum atomic E-state index is -0.838. The number of carbonyl (C=O) groups excluding carboxylic acids is 1. The van der Waals surface area contributed by atoms with Gasteiger partial charge in [-0.25, -0.2) is 0 Å². The predicted molar refractivity (Wildman–Crippen MR) is 103 cm³/mol. The van der Waals surface area contributed by atoms with Gasteiger partial charge in [-0.1, -0.05) is 20.8 Å². The summed E-state index contributed by atoms with van der Waals surface area (Å²) in [5, 5.41) is 33.0. The third kappa shape index (κ3) is 2.89. The Bertz CT molecular complexity index is 757. The first kappa shape index (κ1) is 20.8. The second kappa shape index (κ2) is 6.80. The Balaban J connectivity index is 1.78. The van der Waals surface area contributed by atoms with E-state index in [0.29, 0.717) is 25.0 Å². The first-order chi connectivity index (χ1) is 13.6. The van der Waals surface area contributed by atoms with Crippen LogP contribution in [0, 0.1) is 22.7 Å². The van der Waals surface area contributed by atoms with Crippen molar-refractivity contribution in [3.63, 3.8) is 0 Å². The van der Waals surface area contributed by atoms with Crippen LogP contribution in [0.3, 0.4) is 0 Å². The quantitative estimate of drug-likeness (QED) is 0.517. The van der Waals surface area contributed by atoms with Crippen LogP contribution in [0.4, 0.5) is 0 Å². The number of hydrogen-bond acceptors (Lipinski definition) is 7. The van der Waals surface area contributed by atoms with E-state index in [4.69, 9.17) is 13.9 Å². The molecule has 0 radical (unpaired) electrons. The molecule has 3 fully saturated rings. The lowest BCUT2D eigenvalue weighted by Crippen LogP contribution is -2.70. The summed E-state index contributed by atoms with van der Waals surface area (Å²) in [6.45, 7) is 7.85. The number of epoxide rings is 1. The molecular formula is C22H32O7. The summed E-state index contributed by atoms with van der Waals surface area (Å²) in [6, 6.07) is 1.75. The Kier molecular flexibility index (Phi) is 4.89. The van der Waals surface area contributed by atoms with E-state index >= 15 is 0 Å². The number of aliphatic hydroxyl groups is 3. The van der Waals surface area contributed by atoms with E-state index < -0.39 is 46.8 Å². The Morgan fingerprint density at radius 2 is 2.00 bits per heavy atom. The van der Waals surface area contributed by atoms with E-state index in [-0.39, 0.29) is 18.3 Å². The fourth-order valence-electron chi connectivity index (χ4n) is 6.55. The second-order valence-electron chi connectivity index (χ2n) is 9.77. The van der Waals surface area contributed by atoms with Gasteiger partial charge in [-0.2, -0.15) is 0 Å². The van der Waals surface area contributed by atoms with Crippen molar-refractivity contribution in [3.8, 4) is 0 Å². The van der Waals surface area contributed by atoms with E-state index in [1.165, 1.54) is 19.5 Å². The van der Waals surface area contributed by atoms with E-state index in [1.807, 2.05) is 6.92 Å². The molecule has 1 aliphatic heterocycles. The Morgan fingerprint density at radius 1 is 1.31 bits per heavy atom. The number of hydrogen-bond donors (Lipinski definition) is 3. The predicted octanol–water partition coefficient (Wildman–Crippen LogP) is 2.20. The van der Waals surface area contributed by atoms with Gasteiger partial charge >= 0.3 is 5.97 Å².